The van der Waals surface area contributed by atoms with Gasteiger partial charge in [0.15, 0.2) is 0 Å². The number of nitro benzene ring substituents is 2. The standard InChI is InChI=1S/C21H17N3O5/c25-21(15-10-16(23(26)27)12-17(11-15)24(28)29)22-19-7-3-5-14-9-8-13-4-1-2-6-18(13)20(14)19/h1-2,4,6,8-12,19H,3,5,7H2,(H,22,25)/t19-/m1/s1. The first kappa shape index (κ1) is 18.5. The fourth-order valence-electron chi connectivity index (χ4n) is 3.93. The Morgan fingerprint density at radius 1 is 0.966 bits per heavy atom. The van der Waals surface area contributed by atoms with E-state index in [1.165, 1.54) is 0 Å². The Morgan fingerprint density at radius 3 is 2.34 bits per heavy atom. The number of non-ortho nitro benzene ring substituents is 2. The molecule has 1 aliphatic rings. The van der Waals surface area contributed by atoms with Crippen molar-refractivity contribution >= 4 is 28.1 Å². The predicted molar refractivity (Wildman–Crippen MR) is 107 cm³/mol. The maximum Gasteiger partial charge on any atom is 0.277 e. The summed E-state index contributed by atoms with van der Waals surface area (Å²) < 4.78 is 0. The fraction of sp³-hybridized carbons (Fsp3) is 0.190. The van der Waals surface area contributed by atoms with E-state index < -0.39 is 27.1 Å². The lowest BCUT2D eigenvalue weighted by molar-refractivity contribution is -0.394. The quantitative estimate of drug-likeness (QED) is 0.520. The number of rotatable bonds is 4. The highest BCUT2D eigenvalue weighted by Crippen LogP contribution is 2.36. The number of amides is 1. The van der Waals surface area contributed by atoms with Crippen molar-refractivity contribution in [3.05, 3.63) is 91.5 Å². The topological polar surface area (TPSA) is 115 Å². The van der Waals surface area contributed by atoms with Crippen LogP contribution < -0.4 is 5.32 Å². The van der Waals surface area contributed by atoms with Crippen LogP contribution >= 0.6 is 0 Å². The highest BCUT2D eigenvalue weighted by molar-refractivity contribution is 5.96. The Kier molecular flexibility index (Phi) is 4.67. The molecule has 0 spiro atoms. The normalized spacial score (nSPS) is 15.5. The van der Waals surface area contributed by atoms with Crippen molar-refractivity contribution in [2.75, 3.05) is 0 Å². The van der Waals surface area contributed by atoms with Gasteiger partial charge in [-0.15, -0.1) is 0 Å². The smallest absolute Gasteiger partial charge is 0.277 e. The third-order valence-corrected chi connectivity index (χ3v) is 5.24. The lowest BCUT2D eigenvalue weighted by Gasteiger charge is -2.28. The van der Waals surface area contributed by atoms with E-state index in [-0.39, 0.29) is 11.6 Å². The zero-order chi connectivity index (χ0) is 20.5. The molecule has 0 radical (unpaired) electrons. The van der Waals surface area contributed by atoms with Gasteiger partial charge in [-0.25, -0.2) is 0 Å². The van der Waals surface area contributed by atoms with Gasteiger partial charge in [0, 0.05) is 12.1 Å². The molecule has 4 rings (SSSR count). The number of fused-ring (bicyclic) bond motifs is 3. The largest absolute Gasteiger partial charge is 0.345 e. The van der Waals surface area contributed by atoms with Crippen LogP contribution in [0.5, 0.6) is 0 Å². The number of benzene rings is 3. The third kappa shape index (κ3) is 3.52. The number of nitro groups is 2. The predicted octanol–water partition coefficient (Wildman–Crippen LogP) is 4.46. The van der Waals surface area contributed by atoms with Crippen LogP contribution in [0.4, 0.5) is 11.4 Å². The van der Waals surface area contributed by atoms with Crippen molar-refractivity contribution in [2.45, 2.75) is 25.3 Å². The second kappa shape index (κ2) is 7.31. The van der Waals surface area contributed by atoms with E-state index in [9.17, 15) is 25.0 Å². The summed E-state index contributed by atoms with van der Waals surface area (Å²) in [6.07, 6.45) is 2.53. The molecule has 0 saturated carbocycles. The first-order valence-corrected chi connectivity index (χ1v) is 9.19. The van der Waals surface area contributed by atoms with E-state index in [0.29, 0.717) is 0 Å². The van der Waals surface area contributed by atoms with Gasteiger partial charge >= 0.3 is 0 Å². The molecule has 3 aromatic rings. The lowest BCUT2D eigenvalue weighted by Crippen LogP contribution is -2.31. The summed E-state index contributed by atoms with van der Waals surface area (Å²) in [6.45, 7) is 0. The molecule has 0 saturated heterocycles. The number of nitrogens with zero attached hydrogens (tertiary/aromatic N) is 2. The van der Waals surface area contributed by atoms with Gasteiger partial charge in [0.05, 0.1) is 27.5 Å². The molecular weight excluding hydrogens is 374 g/mol. The van der Waals surface area contributed by atoms with Gasteiger partial charge in [-0.1, -0.05) is 36.4 Å². The molecule has 0 aliphatic heterocycles. The Balaban J connectivity index is 1.71. The summed E-state index contributed by atoms with van der Waals surface area (Å²) in [5.74, 6) is -0.567. The second-order valence-electron chi connectivity index (χ2n) is 7.03. The van der Waals surface area contributed by atoms with Crippen molar-refractivity contribution in [1.82, 2.24) is 5.32 Å². The molecule has 3 aromatic carbocycles. The molecule has 0 bridgehead atoms. The van der Waals surface area contributed by atoms with E-state index in [2.05, 4.69) is 17.4 Å². The minimum atomic E-state index is -0.743. The first-order chi connectivity index (χ1) is 13.9. The van der Waals surface area contributed by atoms with Crippen LogP contribution in [0.2, 0.25) is 0 Å². The van der Waals surface area contributed by atoms with Crippen LogP contribution in [0.15, 0.2) is 54.6 Å². The first-order valence-electron chi connectivity index (χ1n) is 9.19. The Hall–Kier alpha value is -3.81. The van der Waals surface area contributed by atoms with Gasteiger partial charge in [-0.3, -0.25) is 25.0 Å². The van der Waals surface area contributed by atoms with Crippen LogP contribution in [-0.4, -0.2) is 15.8 Å². The number of carbonyl (C=O) groups excluding carboxylic acids is 1. The van der Waals surface area contributed by atoms with E-state index in [4.69, 9.17) is 0 Å². The highest BCUT2D eigenvalue weighted by atomic mass is 16.6. The van der Waals surface area contributed by atoms with Crippen LogP contribution in [0.25, 0.3) is 10.8 Å². The molecule has 0 aromatic heterocycles. The minimum absolute atomic E-state index is 0.0988. The van der Waals surface area contributed by atoms with Crippen molar-refractivity contribution < 1.29 is 14.6 Å². The van der Waals surface area contributed by atoms with Crippen LogP contribution in [0.1, 0.15) is 40.4 Å². The number of hydrogen-bond donors (Lipinski definition) is 1. The van der Waals surface area contributed by atoms with Crippen LogP contribution in [-0.2, 0) is 6.42 Å². The van der Waals surface area contributed by atoms with Gasteiger partial charge in [0.25, 0.3) is 17.3 Å². The Bertz CT molecular complexity index is 1130. The minimum Gasteiger partial charge on any atom is -0.345 e. The monoisotopic (exact) mass is 391 g/mol. The van der Waals surface area contributed by atoms with E-state index in [0.717, 1.165) is 59.4 Å². The molecule has 1 atom stereocenters. The van der Waals surface area contributed by atoms with E-state index >= 15 is 0 Å². The summed E-state index contributed by atoms with van der Waals surface area (Å²) in [4.78, 5) is 33.6. The maximum absolute atomic E-state index is 12.9. The number of aryl methyl sites for hydroxylation is 1. The number of nitrogens with one attached hydrogen (secondary N) is 1. The zero-order valence-corrected chi connectivity index (χ0v) is 15.3. The molecule has 8 heteroatoms. The maximum atomic E-state index is 12.9. The lowest BCUT2D eigenvalue weighted by atomic mass is 9.84. The molecule has 146 valence electrons. The third-order valence-electron chi connectivity index (χ3n) is 5.24. The molecule has 1 amide bonds. The molecule has 0 fully saturated rings. The van der Waals surface area contributed by atoms with Gasteiger partial charge in [0.2, 0.25) is 0 Å². The average Bonchev–Trinajstić information content (AvgIpc) is 2.73. The van der Waals surface area contributed by atoms with Crippen molar-refractivity contribution in [3.8, 4) is 0 Å². The molecule has 1 aliphatic carbocycles. The van der Waals surface area contributed by atoms with E-state index in [1.807, 2.05) is 24.3 Å². The summed E-state index contributed by atoms with van der Waals surface area (Å²) in [7, 11) is 0. The summed E-state index contributed by atoms with van der Waals surface area (Å²) in [5, 5.41) is 27.3. The number of carbonyl (C=O) groups is 1. The Labute approximate surface area is 165 Å². The van der Waals surface area contributed by atoms with Crippen molar-refractivity contribution in [3.63, 3.8) is 0 Å². The summed E-state index contributed by atoms with van der Waals surface area (Å²) in [5.41, 5.74) is 1.13. The molecule has 1 N–H and O–H groups in total. The van der Waals surface area contributed by atoms with Gasteiger partial charge in [-0.2, -0.15) is 0 Å². The zero-order valence-electron chi connectivity index (χ0n) is 15.3. The summed E-state index contributed by atoms with van der Waals surface area (Å²) >= 11 is 0. The van der Waals surface area contributed by atoms with Crippen LogP contribution in [0, 0.1) is 20.2 Å². The molecule has 0 heterocycles. The Morgan fingerprint density at radius 2 is 1.66 bits per heavy atom. The second-order valence-corrected chi connectivity index (χ2v) is 7.03. The number of hydrogen-bond acceptors (Lipinski definition) is 5. The molecule has 0 unspecified atom stereocenters. The summed E-state index contributed by atoms with van der Waals surface area (Å²) in [6, 6.07) is 14.7. The van der Waals surface area contributed by atoms with Gasteiger partial charge < -0.3 is 5.32 Å². The molecular formula is C21H17N3O5. The van der Waals surface area contributed by atoms with Gasteiger partial charge in [0.1, 0.15) is 0 Å². The van der Waals surface area contributed by atoms with Gasteiger partial charge in [-0.05, 0) is 41.2 Å². The SMILES string of the molecule is O=C(N[C@@H]1CCCc2ccc3ccccc3c21)c1cc([N+](=O)[O-])cc([N+](=O)[O-])c1. The van der Waals surface area contributed by atoms with E-state index in [1.54, 1.807) is 0 Å². The fourth-order valence-corrected chi connectivity index (χ4v) is 3.93. The molecule has 8 nitrogen and oxygen atoms in total. The highest BCUT2D eigenvalue weighted by Gasteiger charge is 2.26. The van der Waals surface area contributed by atoms with Crippen molar-refractivity contribution in [2.24, 2.45) is 0 Å². The van der Waals surface area contributed by atoms with Crippen molar-refractivity contribution in [1.29, 1.82) is 0 Å². The van der Waals surface area contributed by atoms with Crippen LogP contribution in [0.3, 0.4) is 0 Å². The molecule has 29 heavy (non-hydrogen) atoms. The average molecular weight is 391 g/mol.